The predicted octanol–water partition coefficient (Wildman–Crippen LogP) is 5.89. The maximum Gasteiger partial charge on any atom is 0.214 e. The molecule has 1 saturated carbocycles. The van der Waals surface area contributed by atoms with Gasteiger partial charge in [0, 0.05) is 17.1 Å². The Balaban J connectivity index is 1.70. The molecule has 178 valence electrons. The molecule has 0 bridgehead atoms. The summed E-state index contributed by atoms with van der Waals surface area (Å²) in [6.07, 6.45) is 12.6. The molecular formula is C29H33NO4. The van der Waals surface area contributed by atoms with Crippen LogP contribution < -0.4 is 0 Å². The highest BCUT2D eigenvalue weighted by Gasteiger charge is 2.43. The number of ketones is 4. The number of carbonyl (C=O) groups is 4. The van der Waals surface area contributed by atoms with Crippen molar-refractivity contribution >= 4 is 34.0 Å². The maximum atomic E-state index is 12.4. The van der Waals surface area contributed by atoms with E-state index in [4.69, 9.17) is 0 Å². The van der Waals surface area contributed by atoms with Crippen LogP contribution in [0.2, 0.25) is 0 Å². The SMILES string of the molecule is CC(C)=CCC/C(C)=C/CC/C(C)=C/Cc1cccc2c(C3C(=O)C(=O)CC(=O)C3=O)c[nH]c12. The second kappa shape index (κ2) is 11.2. The average Bonchev–Trinajstić information content (AvgIpc) is 3.21. The third-order valence-electron chi connectivity index (χ3n) is 6.33. The Labute approximate surface area is 201 Å². The van der Waals surface area contributed by atoms with Crippen LogP contribution >= 0.6 is 0 Å². The first-order chi connectivity index (χ1) is 16.2. The fourth-order valence-corrected chi connectivity index (χ4v) is 4.31. The van der Waals surface area contributed by atoms with E-state index in [9.17, 15) is 19.2 Å². The summed E-state index contributed by atoms with van der Waals surface area (Å²) in [5, 5.41) is 0.702. The van der Waals surface area contributed by atoms with Gasteiger partial charge in [-0.05, 0) is 70.9 Å². The zero-order chi connectivity index (χ0) is 24.8. The molecule has 1 aromatic heterocycles. The second-order valence-corrected chi connectivity index (χ2v) is 9.43. The number of nitrogens with one attached hydrogen (secondary N) is 1. The topological polar surface area (TPSA) is 84.1 Å². The molecule has 3 rings (SSSR count). The molecule has 1 heterocycles. The number of hydrogen-bond donors (Lipinski definition) is 1. The number of benzene rings is 1. The molecule has 5 nitrogen and oxygen atoms in total. The molecule has 1 fully saturated rings. The molecule has 5 heteroatoms. The van der Waals surface area contributed by atoms with Gasteiger partial charge in [0.05, 0.1) is 6.42 Å². The zero-order valence-corrected chi connectivity index (χ0v) is 20.5. The van der Waals surface area contributed by atoms with E-state index in [0.29, 0.717) is 17.4 Å². The Kier molecular flexibility index (Phi) is 8.32. The minimum atomic E-state index is -1.33. The lowest BCUT2D eigenvalue weighted by Crippen LogP contribution is -2.40. The lowest BCUT2D eigenvalue weighted by atomic mass is 9.80. The molecule has 0 aliphatic heterocycles. The summed E-state index contributed by atoms with van der Waals surface area (Å²) < 4.78 is 0. The summed E-state index contributed by atoms with van der Waals surface area (Å²) in [5.41, 5.74) is 6.33. The third kappa shape index (κ3) is 5.96. The molecule has 1 aliphatic rings. The molecule has 0 atom stereocenters. The number of carbonyl (C=O) groups excluding carboxylic acids is 4. The monoisotopic (exact) mass is 459 g/mol. The van der Waals surface area contributed by atoms with Gasteiger partial charge in [0.15, 0.2) is 0 Å². The lowest BCUT2D eigenvalue weighted by Gasteiger charge is -2.17. The highest BCUT2D eigenvalue weighted by molar-refractivity contribution is 6.61. The molecule has 1 N–H and O–H groups in total. The quantitative estimate of drug-likeness (QED) is 0.288. The maximum absolute atomic E-state index is 12.4. The summed E-state index contributed by atoms with van der Waals surface area (Å²) in [6.45, 7) is 8.56. The molecule has 0 amide bonds. The molecule has 0 saturated heterocycles. The van der Waals surface area contributed by atoms with Crippen molar-refractivity contribution in [2.45, 2.75) is 72.1 Å². The fraction of sp³-hybridized carbons (Fsp3) is 0.379. The highest BCUT2D eigenvalue weighted by Crippen LogP contribution is 2.32. The van der Waals surface area contributed by atoms with E-state index in [0.717, 1.165) is 36.8 Å². The predicted molar refractivity (Wildman–Crippen MR) is 135 cm³/mol. The number of rotatable bonds is 9. The summed E-state index contributed by atoms with van der Waals surface area (Å²) >= 11 is 0. The van der Waals surface area contributed by atoms with Crippen molar-refractivity contribution in [3.05, 3.63) is 70.5 Å². The van der Waals surface area contributed by atoms with Crippen LogP contribution in [-0.2, 0) is 25.6 Å². The summed E-state index contributed by atoms with van der Waals surface area (Å²) in [4.78, 5) is 51.8. The molecule has 1 aliphatic carbocycles. The molecule has 0 spiro atoms. The van der Waals surface area contributed by atoms with Crippen LogP contribution in [0.3, 0.4) is 0 Å². The Morgan fingerprint density at radius 3 is 2.15 bits per heavy atom. The average molecular weight is 460 g/mol. The fourth-order valence-electron chi connectivity index (χ4n) is 4.31. The normalized spacial score (nSPS) is 16.0. The number of allylic oxidation sites excluding steroid dienone is 6. The number of para-hydroxylation sites is 1. The van der Waals surface area contributed by atoms with Gasteiger partial charge in [0.1, 0.15) is 5.92 Å². The number of H-pyrrole nitrogens is 1. The highest BCUT2D eigenvalue weighted by atomic mass is 16.2. The van der Waals surface area contributed by atoms with Crippen LogP contribution in [0.1, 0.15) is 76.8 Å². The summed E-state index contributed by atoms with van der Waals surface area (Å²) in [6, 6.07) is 5.69. The number of aromatic amines is 1. The Morgan fingerprint density at radius 1 is 0.882 bits per heavy atom. The van der Waals surface area contributed by atoms with E-state index in [1.807, 2.05) is 18.2 Å². The van der Waals surface area contributed by atoms with Crippen molar-refractivity contribution in [1.29, 1.82) is 0 Å². The van der Waals surface area contributed by atoms with E-state index in [2.05, 4.69) is 50.9 Å². The first kappa shape index (κ1) is 25.3. The van der Waals surface area contributed by atoms with Crippen LogP contribution in [-0.4, -0.2) is 28.1 Å². The molecule has 1 aromatic carbocycles. The lowest BCUT2D eigenvalue weighted by molar-refractivity contribution is -0.149. The van der Waals surface area contributed by atoms with Crippen molar-refractivity contribution in [3.8, 4) is 0 Å². The minimum Gasteiger partial charge on any atom is -0.361 e. The van der Waals surface area contributed by atoms with Gasteiger partial charge in [0.25, 0.3) is 0 Å². The first-order valence-corrected chi connectivity index (χ1v) is 11.9. The van der Waals surface area contributed by atoms with Crippen LogP contribution in [0.4, 0.5) is 0 Å². The van der Waals surface area contributed by atoms with E-state index in [-0.39, 0.29) is 0 Å². The number of hydrogen-bond acceptors (Lipinski definition) is 4. The van der Waals surface area contributed by atoms with Gasteiger partial charge in [-0.15, -0.1) is 0 Å². The van der Waals surface area contributed by atoms with Gasteiger partial charge in [-0.1, -0.05) is 53.1 Å². The van der Waals surface area contributed by atoms with Crippen molar-refractivity contribution in [2.75, 3.05) is 0 Å². The first-order valence-electron chi connectivity index (χ1n) is 11.9. The van der Waals surface area contributed by atoms with Crippen LogP contribution in [0, 0.1) is 0 Å². The molecule has 0 unspecified atom stereocenters. The van der Waals surface area contributed by atoms with E-state index in [1.165, 1.54) is 16.7 Å². The zero-order valence-electron chi connectivity index (χ0n) is 20.5. The van der Waals surface area contributed by atoms with E-state index >= 15 is 0 Å². The molecule has 2 aromatic rings. The van der Waals surface area contributed by atoms with Gasteiger partial charge in [-0.25, -0.2) is 0 Å². The Bertz CT molecular complexity index is 1190. The van der Waals surface area contributed by atoms with Crippen LogP contribution in [0.25, 0.3) is 10.9 Å². The smallest absolute Gasteiger partial charge is 0.214 e. The van der Waals surface area contributed by atoms with Crippen molar-refractivity contribution in [2.24, 2.45) is 0 Å². The van der Waals surface area contributed by atoms with Gasteiger partial charge >= 0.3 is 0 Å². The Hall–Kier alpha value is -3.34. The van der Waals surface area contributed by atoms with Crippen LogP contribution in [0.15, 0.2) is 59.3 Å². The largest absolute Gasteiger partial charge is 0.361 e. The Morgan fingerprint density at radius 2 is 1.50 bits per heavy atom. The van der Waals surface area contributed by atoms with Gasteiger partial charge in [0.2, 0.25) is 23.1 Å². The second-order valence-electron chi connectivity index (χ2n) is 9.43. The molecule has 34 heavy (non-hydrogen) atoms. The van der Waals surface area contributed by atoms with Gasteiger partial charge < -0.3 is 4.98 Å². The van der Waals surface area contributed by atoms with E-state index in [1.54, 1.807) is 6.20 Å². The van der Waals surface area contributed by atoms with Crippen LogP contribution in [0.5, 0.6) is 0 Å². The minimum absolute atomic E-state index is 0.405. The van der Waals surface area contributed by atoms with Gasteiger partial charge in [-0.2, -0.15) is 0 Å². The third-order valence-corrected chi connectivity index (χ3v) is 6.33. The van der Waals surface area contributed by atoms with Crippen molar-refractivity contribution in [1.82, 2.24) is 4.98 Å². The molecule has 0 radical (unpaired) electrons. The number of fused-ring (bicyclic) bond motifs is 1. The summed E-state index contributed by atoms with van der Waals surface area (Å²) in [7, 11) is 0. The number of aromatic nitrogens is 1. The number of Topliss-reactive ketones (excluding diaryl/α,β-unsaturated/α-hetero) is 4. The van der Waals surface area contributed by atoms with Crippen molar-refractivity contribution < 1.29 is 19.2 Å². The van der Waals surface area contributed by atoms with E-state index < -0.39 is 35.5 Å². The van der Waals surface area contributed by atoms with Crippen molar-refractivity contribution in [3.63, 3.8) is 0 Å². The summed E-state index contributed by atoms with van der Waals surface area (Å²) in [5.74, 6) is -4.51. The molecular weight excluding hydrogens is 426 g/mol. The van der Waals surface area contributed by atoms with Gasteiger partial charge in [-0.3, -0.25) is 19.2 Å². The standard InChI is InChI=1S/C29H33NO4/c1-18(2)8-5-9-19(3)10-6-11-20(4)14-15-21-12-7-13-22-23(17-30-27(21)22)26-28(33)24(31)16-25(32)29(26)34/h7-8,10,12-14,17,26,30H,5-6,9,11,15-16H2,1-4H3/b19-10+,20-14+.